The summed E-state index contributed by atoms with van der Waals surface area (Å²) < 4.78 is 6.14. The summed E-state index contributed by atoms with van der Waals surface area (Å²) in [6, 6.07) is 9.59. The van der Waals surface area contributed by atoms with E-state index in [-0.39, 0.29) is 0 Å². The Balaban J connectivity index is 2.23. The van der Waals surface area contributed by atoms with Gasteiger partial charge in [-0.25, -0.2) is 4.79 Å². The molecule has 1 rings (SSSR count). The lowest BCUT2D eigenvalue weighted by molar-refractivity contribution is 0.141. The minimum atomic E-state index is -0.394. The molecule has 0 fully saturated rings. The summed E-state index contributed by atoms with van der Waals surface area (Å²) in [5, 5.41) is 2.64. The average Bonchev–Trinajstić information content (AvgIpc) is 2.27. The van der Waals surface area contributed by atoms with E-state index in [9.17, 15) is 4.79 Å². The number of benzene rings is 1. The van der Waals surface area contributed by atoms with Gasteiger partial charge in [0.1, 0.15) is 6.61 Å². The number of nitrogens with one attached hydrogen (secondary N) is 1. The van der Waals surface area contributed by atoms with Crippen molar-refractivity contribution < 1.29 is 9.53 Å². The molecule has 0 bridgehead atoms. The summed E-state index contributed by atoms with van der Waals surface area (Å²) >= 11 is 4.35. The molecule has 5 heteroatoms. The van der Waals surface area contributed by atoms with Crippen molar-refractivity contribution in [3.05, 3.63) is 43.6 Å². The van der Waals surface area contributed by atoms with E-state index in [2.05, 4.69) is 50.5 Å². The molecule has 0 aliphatic carbocycles. The molecule has 0 unspecified atom stereocenters. The van der Waals surface area contributed by atoms with E-state index in [1.807, 2.05) is 36.4 Å². The van der Waals surface area contributed by atoms with Crippen molar-refractivity contribution in [1.82, 2.24) is 5.32 Å². The fraction of sp³-hybridized carbons (Fsp3) is 0.182. The Labute approximate surface area is 122 Å². The van der Waals surface area contributed by atoms with Gasteiger partial charge in [-0.2, -0.15) is 0 Å². The van der Waals surface area contributed by atoms with Gasteiger partial charge >= 0.3 is 6.09 Å². The van der Waals surface area contributed by atoms with Crippen molar-refractivity contribution in [2.45, 2.75) is 6.61 Å². The molecule has 1 aromatic carbocycles. The van der Waals surface area contributed by atoms with Gasteiger partial charge in [0, 0.05) is 8.13 Å². The Morgan fingerprint density at radius 1 is 1.31 bits per heavy atom. The first-order valence-electron chi connectivity index (χ1n) is 4.64. The number of rotatable bonds is 4. The standard InChI is InChI=1S/C11H11I2NO2/c12-10(13)6-7-14-11(15)16-8-9-4-2-1-3-5-9/h1-6H,7-8H2,(H,14,15). The third-order valence-corrected chi connectivity index (χ3v) is 2.60. The fourth-order valence-electron chi connectivity index (χ4n) is 0.986. The second kappa shape index (κ2) is 7.88. The molecule has 0 aromatic heterocycles. The molecule has 0 aliphatic rings. The van der Waals surface area contributed by atoms with E-state index < -0.39 is 6.09 Å². The molecular formula is C11H11I2NO2. The van der Waals surface area contributed by atoms with E-state index in [1.165, 1.54) is 0 Å². The van der Waals surface area contributed by atoms with Crippen molar-refractivity contribution in [2.24, 2.45) is 0 Å². The third-order valence-electron chi connectivity index (χ3n) is 1.72. The molecule has 86 valence electrons. The van der Waals surface area contributed by atoms with Crippen LogP contribution in [0.2, 0.25) is 0 Å². The van der Waals surface area contributed by atoms with Crippen LogP contribution in [0.15, 0.2) is 38.0 Å². The van der Waals surface area contributed by atoms with Gasteiger partial charge in [-0.05, 0) is 56.8 Å². The lowest BCUT2D eigenvalue weighted by Gasteiger charge is -2.05. The summed E-state index contributed by atoms with van der Waals surface area (Å²) in [4.78, 5) is 11.2. The molecule has 1 amide bonds. The zero-order valence-electron chi connectivity index (χ0n) is 8.45. The van der Waals surface area contributed by atoms with Gasteiger partial charge in [-0.1, -0.05) is 30.3 Å². The minimum absolute atomic E-state index is 0.303. The van der Waals surface area contributed by atoms with Gasteiger partial charge in [-0.3, -0.25) is 0 Å². The van der Waals surface area contributed by atoms with Crippen LogP contribution in [0, 0.1) is 0 Å². The van der Waals surface area contributed by atoms with Gasteiger partial charge in [-0.15, -0.1) is 0 Å². The second-order valence-corrected chi connectivity index (χ2v) is 7.32. The Morgan fingerprint density at radius 3 is 2.62 bits per heavy atom. The largest absolute Gasteiger partial charge is 0.445 e. The van der Waals surface area contributed by atoms with Crippen LogP contribution in [0.1, 0.15) is 5.56 Å². The van der Waals surface area contributed by atoms with Crippen molar-refractivity contribution in [3.63, 3.8) is 0 Å². The van der Waals surface area contributed by atoms with E-state index in [0.29, 0.717) is 13.2 Å². The molecule has 1 N–H and O–H groups in total. The Kier molecular flexibility index (Phi) is 6.78. The average molecular weight is 443 g/mol. The van der Waals surface area contributed by atoms with Crippen molar-refractivity contribution in [3.8, 4) is 0 Å². The first-order valence-corrected chi connectivity index (χ1v) is 6.80. The highest BCUT2D eigenvalue weighted by Crippen LogP contribution is 2.13. The molecule has 0 radical (unpaired) electrons. The third kappa shape index (κ3) is 6.31. The number of alkyl carbamates (subject to hydrolysis) is 1. The summed E-state index contributed by atoms with van der Waals surface area (Å²) in [7, 11) is 0. The van der Waals surface area contributed by atoms with E-state index in [0.717, 1.165) is 7.15 Å². The number of ether oxygens (including phenoxy) is 1. The Hall–Kier alpha value is -0.310. The lowest BCUT2D eigenvalue weighted by Crippen LogP contribution is -2.24. The zero-order chi connectivity index (χ0) is 11.8. The highest BCUT2D eigenvalue weighted by Gasteiger charge is 2.00. The van der Waals surface area contributed by atoms with Crippen LogP contribution in [0.3, 0.4) is 0 Å². The number of hydrogen-bond donors (Lipinski definition) is 1. The monoisotopic (exact) mass is 443 g/mol. The first kappa shape index (κ1) is 13.8. The predicted octanol–water partition coefficient (Wildman–Crippen LogP) is 3.62. The van der Waals surface area contributed by atoms with Crippen LogP contribution >= 0.6 is 45.2 Å². The second-order valence-electron chi connectivity index (χ2n) is 2.94. The van der Waals surface area contributed by atoms with Crippen LogP contribution in [-0.2, 0) is 11.3 Å². The topological polar surface area (TPSA) is 38.3 Å². The van der Waals surface area contributed by atoms with Gasteiger partial charge in [0.2, 0.25) is 0 Å². The van der Waals surface area contributed by atoms with Gasteiger partial charge in [0.25, 0.3) is 0 Å². The van der Waals surface area contributed by atoms with Gasteiger partial charge < -0.3 is 10.1 Å². The normalized spacial score (nSPS) is 9.38. The van der Waals surface area contributed by atoms with E-state index in [4.69, 9.17) is 4.74 Å². The van der Waals surface area contributed by atoms with Crippen LogP contribution < -0.4 is 5.32 Å². The molecule has 16 heavy (non-hydrogen) atoms. The molecule has 3 nitrogen and oxygen atoms in total. The Bertz CT molecular complexity index is 362. The maximum absolute atomic E-state index is 11.2. The van der Waals surface area contributed by atoms with Gasteiger partial charge in [0.15, 0.2) is 0 Å². The molecule has 0 heterocycles. The van der Waals surface area contributed by atoms with Crippen LogP contribution in [0.25, 0.3) is 0 Å². The number of halogens is 2. The number of amides is 1. The van der Waals surface area contributed by atoms with Crippen LogP contribution in [0.5, 0.6) is 0 Å². The van der Waals surface area contributed by atoms with Crippen LogP contribution in [-0.4, -0.2) is 12.6 Å². The minimum Gasteiger partial charge on any atom is -0.445 e. The summed E-state index contributed by atoms with van der Waals surface area (Å²) in [5.74, 6) is 0. The van der Waals surface area contributed by atoms with E-state index in [1.54, 1.807) is 0 Å². The summed E-state index contributed by atoms with van der Waals surface area (Å²) in [5.41, 5.74) is 0.983. The van der Waals surface area contributed by atoms with Crippen molar-refractivity contribution >= 4 is 51.3 Å². The van der Waals surface area contributed by atoms with Crippen LogP contribution in [0.4, 0.5) is 4.79 Å². The highest BCUT2D eigenvalue weighted by atomic mass is 127. The first-order chi connectivity index (χ1) is 7.68. The summed E-state index contributed by atoms with van der Waals surface area (Å²) in [6.45, 7) is 0.798. The number of hydrogen-bond acceptors (Lipinski definition) is 2. The molecular weight excluding hydrogens is 432 g/mol. The smallest absolute Gasteiger partial charge is 0.407 e. The molecule has 0 aliphatic heterocycles. The molecule has 0 atom stereocenters. The molecule has 1 aromatic rings. The predicted molar refractivity (Wildman–Crippen MR) is 80.8 cm³/mol. The Morgan fingerprint density at radius 2 is 2.00 bits per heavy atom. The number of carbonyl (C=O) groups is 1. The molecule has 0 saturated carbocycles. The van der Waals surface area contributed by atoms with Gasteiger partial charge in [0.05, 0.1) is 0 Å². The van der Waals surface area contributed by atoms with E-state index >= 15 is 0 Å². The zero-order valence-corrected chi connectivity index (χ0v) is 12.8. The SMILES string of the molecule is O=C(NCC=C(I)I)OCc1ccccc1. The molecule has 0 saturated heterocycles. The fourth-order valence-corrected chi connectivity index (χ4v) is 1.43. The number of carbonyl (C=O) groups excluding carboxylic acids is 1. The van der Waals surface area contributed by atoms with Crippen molar-refractivity contribution in [2.75, 3.05) is 6.54 Å². The quantitative estimate of drug-likeness (QED) is 0.723. The highest BCUT2D eigenvalue weighted by molar-refractivity contribution is 14.2. The molecule has 0 spiro atoms. The van der Waals surface area contributed by atoms with Crippen molar-refractivity contribution in [1.29, 1.82) is 0 Å². The maximum atomic E-state index is 11.2. The summed E-state index contributed by atoms with van der Waals surface area (Å²) in [6.07, 6.45) is 1.51. The lowest BCUT2D eigenvalue weighted by atomic mass is 10.2. The maximum Gasteiger partial charge on any atom is 0.407 e.